The Balaban J connectivity index is 1.61. The van der Waals surface area contributed by atoms with Gasteiger partial charge in [0.05, 0.1) is 12.6 Å². The summed E-state index contributed by atoms with van der Waals surface area (Å²) in [7, 11) is -4.24. The van der Waals surface area contributed by atoms with Gasteiger partial charge in [0.1, 0.15) is 16.7 Å². The van der Waals surface area contributed by atoms with E-state index < -0.39 is 34.0 Å². The van der Waals surface area contributed by atoms with E-state index in [1.807, 2.05) is 25.2 Å². The van der Waals surface area contributed by atoms with Crippen molar-refractivity contribution in [3.63, 3.8) is 0 Å². The lowest BCUT2D eigenvalue weighted by Crippen LogP contribution is -2.52. The molecule has 0 saturated carbocycles. The van der Waals surface area contributed by atoms with Gasteiger partial charge in [-0.15, -0.1) is 0 Å². The molecule has 12 heteroatoms. The van der Waals surface area contributed by atoms with Gasteiger partial charge >= 0.3 is 0 Å². The van der Waals surface area contributed by atoms with Crippen LogP contribution in [-0.4, -0.2) is 60.3 Å². The van der Waals surface area contributed by atoms with Gasteiger partial charge in [0, 0.05) is 40.9 Å². The first-order valence-corrected chi connectivity index (χ1v) is 14.3. The second kappa shape index (κ2) is 12.1. The van der Waals surface area contributed by atoms with E-state index in [4.69, 9.17) is 10.5 Å². The van der Waals surface area contributed by atoms with Crippen LogP contribution in [0, 0.1) is 0 Å². The van der Waals surface area contributed by atoms with Crippen LogP contribution in [-0.2, 0) is 19.6 Å². The molecule has 2 aromatic heterocycles. The third-order valence-electron chi connectivity index (χ3n) is 6.19. The van der Waals surface area contributed by atoms with E-state index in [0.29, 0.717) is 20.9 Å². The zero-order chi connectivity index (χ0) is 28.2. The second-order valence-electron chi connectivity index (χ2n) is 8.79. The molecule has 1 aromatic carbocycles. The smallest absolute Gasteiger partial charge is 0.266 e. The fourth-order valence-corrected chi connectivity index (χ4v) is 6.40. The van der Waals surface area contributed by atoms with Crippen molar-refractivity contribution >= 4 is 48.7 Å². The predicted molar refractivity (Wildman–Crippen MR) is 151 cm³/mol. The fourth-order valence-electron chi connectivity index (χ4n) is 4.28. The molecule has 1 saturated heterocycles. The summed E-state index contributed by atoms with van der Waals surface area (Å²) in [5.74, 6) is -1.41. The first kappa shape index (κ1) is 28.4. The van der Waals surface area contributed by atoms with Gasteiger partial charge in [-0.2, -0.15) is 4.31 Å². The van der Waals surface area contributed by atoms with Crippen LogP contribution in [0.1, 0.15) is 29.0 Å². The second-order valence-corrected chi connectivity index (χ2v) is 11.6. The number of carbonyl (C=O) groups is 2. The van der Waals surface area contributed by atoms with Crippen molar-refractivity contribution in [2.45, 2.75) is 24.0 Å². The number of ether oxygens (including phenoxy) is 1. The Bertz CT molecular complexity index is 1570. The van der Waals surface area contributed by atoms with Crippen LogP contribution >= 0.6 is 15.9 Å². The SMILES string of the molecule is C=C(/C=C\C=C/C)C(NC(=O)C1CN(S(=O)(=O)c2c(C(N)=O)[nH]c3ccc(Br)cc23)CCO1)c1ccncc1. The van der Waals surface area contributed by atoms with Gasteiger partial charge < -0.3 is 20.8 Å². The summed E-state index contributed by atoms with van der Waals surface area (Å²) in [6, 6.07) is 7.90. The Labute approximate surface area is 234 Å². The largest absolute Gasteiger partial charge is 0.366 e. The fraction of sp³-hybridized carbons (Fsp3) is 0.222. The highest BCUT2D eigenvalue weighted by atomic mass is 79.9. The number of halogens is 1. The van der Waals surface area contributed by atoms with Gasteiger partial charge in [0.2, 0.25) is 10.0 Å². The number of amides is 2. The number of nitrogens with one attached hydrogen (secondary N) is 2. The van der Waals surface area contributed by atoms with E-state index in [1.165, 1.54) is 0 Å². The number of nitrogens with zero attached hydrogens (tertiary/aromatic N) is 2. The topological polar surface area (TPSA) is 147 Å². The zero-order valence-corrected chi connectivity index (χ0v) is 23.5. The van der Waals surface area contributed by atoms with E-state index in [1.54, 1.807) is 48.8 Å². The molecule has 10 nitrogen and oxygen atoms in total. The number of primary amides is 1. The first-order chi connectivity index (χ1) is 18.6. The molecule has 1 aliphatic rings. The molecule has 39 heavy (non-hydrogen) atoms. The van der Waals surface area contributed by atoms with Crippen LogP contribution in [0.3, 0.4) is 0 Å². The molecule has 0 spiro atoms. The minimum atomic E-state index is -4.24. The lowest BCUT2D eigenvalue weighted by atomic mass is 10.00. The third-order valence-corrected chi connectivity index (χ3v) is 8.63. The normalized spacial score (nSPS) is 17.5. The van der Waals surface area contributed by atoms with Crippen molar-refractivity contribution in [2.75, 3.05) is 19.7 Å². The number of allylic oxidation sites excluding steroid dienone is 3. The number of hydrogen-bond donors (Lipinski definition) is 3. The number of carbonyl (C=O) groups excluding carboxylic acids is 2. The predicted octanol–water partition coefficient (Wildman–Crippen LogP) is 3.36. The van der Waals surface area contributed by atoms with E-state index in [-0.39, 0.29) is 30.3 Å². The number of aromatic nitrogens is 2. The average molecular weight is 615 g/mol. The number of H-pyrrole nitrogens is 1. The molecule has 3 heterocycles. The Morgan fingerprint density at radius 1 is 1.28 bits per heavy atom. The Morgan fingerprint density at radius 2 is 2.03 bits per heavy atom. The van der Waals surface area contributed by atoms with Gasteiger partial charge in [-0.3, -0.25) is 14.6 Å². The number of aromatic amines is 1. The van der Waals surface area contributed by atoms with Gasteiger partial charge in [0.15, 0.2) is 0 Å². The van der Waals surface area contributed by atoms with E-state index in [9.17, 15) is 18.0 Å². The Morgan fingerprint density at radius 3 is 2.72 bits per heavy atom. The lowest BCUT2D eigenvalue weighted by molar-refractivity contribution is -0.136. The van der Waals surface area contributed by atoms with Crippen molar-refractivity contribution in [3.8, 4) is 0 Å². The molecule has 1 fully saturated rings. The summed E-state index contributed by atoms with van der Waals surface area (Å²) in [6.45, 7) is 5.71. The molecule has 1 aliphatic heterocycles. The average Bonchev–Trinajstić information content (AvgIpc) is 3.32. The first-order valence-electron chi connectivity index (χ1n) is 12.0. The number of fused-ring (bicyclic) bond motifs is 1. The Hall–Kier alpha value is -3.58. The summed E-state index contributed by atoms with van der Waals surface area (Å²) in [6.07, 6.45) is 9.42. The summed E-state index contributed by atoms with van der Waals surface area (Å²) < 4.78 is 35.1. The highest BCUT2D eigenvalue weighted by Crippen LogP contribution is 2.32. The molecule has 4 N–H and O–H groups in total. The summed E-state index contributed by atoms with van der Waals surface area (Å²) in [5, 5.41) is 3.24. The van der Waals surface area contributed by atoms with Gasteiger partial charge in [-0.05, 0) is 48.4 Å². The molecule has 0 bridgehead atoms. The van der Waals surface area contributed by atoms with Gasteiger partial charge in [-0.25, -0.2) is 8.42 Å². The zero-order valence-electron chi connectivity index (χ0n) is 21.1. The molecule has 204 valence electrons. The Kier molecular flexibility index (Phi) is 8.80. The van der Waals surface area contributed by atoms with E-state index >= 15 is 0 Å². The number of sulfonamides is 1. The van der Waals surface area contributed by atoms with Crippen molar-refractivity contribution in [3.05, 3.63) is 94.9 Å². The van der Waals surface area contributed by atoms with Crippen molar-refractivity contribution in [1.29, 1.82) is 0 Å². The van der Waals surface area contributed by atoms with Crippen molar-refractivity contribution in [2.24, 2.45) is 5.73 Å². The van der Waals surface area contributed by atoms with Gasteiger partial charge in [0.25, 0.3) is 11.8 Å². The maximum Gasteiger partial charge on any atom is 0.266 e. The summed E-state index contributed by atoms with van der Waals surface area (Å²) >= 11 is 3.35. The molecule has 4 rings (SSSR count). The van der Waals surface area contributed by atoms with Gasteiger partial charge in [-0.1, -0.05) is 46.8 Å². The lowest BCUT2D eigenvalue weighted by Gasteiger charge is -2.32. The number of benzene rings is 1. The maximum atomic E-state index is 13.8. The van der Waals surface area contributed by atoms with Crippen LogP contribution < -0.4 is 11.1 Å². The standard InChI is InChI=1S/C27H28BrN5O5S/c1-3-4-5-6-17(2)23(18-9-11-30-12-10-18)32-27(35)22-16-33(13-14-38-22)39(36,37)25-20-15-19(28)7-8-21(20)31-24(25)26(29)34/h3-12,15,22-23,31H,2,13-14,16H2,1H3,(H2,29,34)(H,32,35)/b4-3-,6-5-. The van der Waals surface area contributed by atoms with E-state index in [2.05, 4.69) is 37.8 Å². The third kappa shape index (κ3) is 6.19. The number of morpholine rings is 1. The van der Waals surface area contributed by atoms with Crippen LogP contribution in [0.4, 0.5) is 0 Å². The molecule has 0 aliphatic carbocycles. The number of pyridine rings is 1. The highest BCUT2D eigenvalue weighted by Gasteiger charge is 2.38. The number of rotatable bonds is 9. The minimum absolute atomic E-state index is 0.00241. The molecular formula is C27H28BrN5O5S. The monoisotopic (exact) mass is 613 g/mol. The van der Waals surface area contributed by atoms with Crippen molar-refractivity contribution < 1.29 is 22.7 Å². The van der Waals surface area contributed by atoms with Crippen molar-refractivity contribution in [1.82, 2.24) is 19.6 Å². The number of hydrogen-bond acceptors (Lipinski definition) is 6. The maximum absolute atomic E-state index is 13.8. The molecule has 3 aromatic rings. The van der Waals surface area contributed by atoms with Crippen LogP contribution in [0.15, 0.2) is 88.5 Å². The minimum Gasteiger partial charge on any atom is -0.366 e. The van der Waals surface area contributed by atoms with Crippen LogP contribution in [0.5, 0.6) is 0 Å². The molecule has 2 amide bonds. The summed E-state index contributed by atoms with van der Waals surface area (Å²) in [4.78, 5) is 32.2. The highest BCUT2D eigenvalue weighted by molar-refractivity contribution is 9.10. The quantitative estimate of drug-likeness (QED) is 0.315. The van der Waals surface area contributed by atoms with Crippen LogP contribution in [0.25, 0.3) is 10.9 Å². The summed E-state index contributed by atoms with van der Waals surface area (Å²) in [5.41, 5.74) is 7.11. The number of nitrogens with two attached hydrogens (primary N) is 1. The molecule has 2 atom stereocenters. The van der Waals surface area contributed by atoms with Crippen LogP contribution in [0.2, 0.25) is 0 Å². The molecular weight excluding hydrogens is 586 g/mol. The molecule has 0 radical (unpaired) electrons. The van der Waals surface area contributed by atoms with E-state index in [0.717, 1.165) is 9.87 Å². The molecule has 2 unspecified atom stereocenters.